The minimum absolute atomic E-state index is 0.0398. The first-order valence-corrected chi connectivity index (χ1v) is 36.7. The number of thioether (sulfide) groups is 3. The standard InChI is InChI=1S/C65H98N14O17S3/c1-4-5-7-14-53(82)69-50-41-99-39-46-29-44(37-97-27-17-68-54(83)32-75-19-21-76(34-56(85)86)23-25-78(36-58(89)90)26-24-77(22-20-75)35-57(87)88)28-45(30-46)38-98-40-49(60(67)91)72-62(93)48(31-43-11-8-6-9-12-43)71-61(92)47(15-16-52(66)81)70-64(95)59(42(2)80)73-63(94)51-13-10-18-79(51)55(84)33-74(3)65(50)96/h6,8-9,11-12,28-30,42,47-51,59,80H,4-5,7,10,13-27,31-41H2,1-3H3,(H2,66,81)(H2,67,91)(H,68,83)(H,69,82)(H,70,95)(H,71,92)(H,72,93)(H,73,94)(H,85,86)(H,87,88)(H,89,90)/t42-,47+,48+,49+,50+,51+,59+/m1/s1. The molecule has 10 amide bonds. The molecule has 2 saturated heterocycles. The van der Waals surface area contributed by atoms with Crippen LogP contribution in [-0.4, -0.2) is 292 Å². The topological polar surface area (TPSA) is 446 Å². The highest BCUT2D eigenvalue weighted by atomic mass is 32.2. The van der Waals surface area contributed by atoms with Crippen LogP contribution in [0.3, 0.4) is 0 Å². The Bertz CT molecular complexity index is 3050. The van der Waals surface area contributed by atoms with Crippen LogP contribution in [-0.2, 0) is 86.0 Å². The van der Waals surface area contributed by atoms with Crippen molar-refractivity contribution in [2.24, 2.45) is 11.5 Å². The highest BCUT2D eigenvalue weighted by molar-refractivity contribution is 7.99. The lowest BCUT2D eigenvalue weighted by atomic mass is 10.0. The van der Waals surface area contributed by atoms with Crippen LogP contribution in [0.1, 0.15) is 87.5 Å². The number of rotatable bonds is 25. The average Bonchev–Trinajstić information content (AvgIpc) is 1.80. The second kappa shape index (κ2) is 43.1. The SMILES string of the molecule is CCCCCC(=O)N[C@H]1CSCc2cc(CSCCNC(=O)CN3CCN(CC(=O)O)CCN(CC(=O)O)CCN(CC(=O)O)CC3)cc(c2)CSC[C@@H](C(N)=O)NC(=O)[C@H](Cc2ccccc2)NC(=O)[C@H](CCC(N)=O)NC(=O)[C@H]([C@@H](C)O)NC(=O)[C@@H]2CCCN2C(=O)CN(C)C1=O. The van der Waals surface area contributed by atoms with Crippen molar-refractivity contribution in [1.82, 2.24) is 61.3 Å². The molecule has 31 nitrogen and oxygen atoms in total. The Kier molecular flexibility index (Phi) is 35.8. The minimum atomic E-state index is -1.71. The first-order valence-electron chi connectivity index (χ1n) is 33.2. The van der Waals surface area contributed by atoms with Crippen LogP contribution < -0.4 is 43.4 Å². The van der Waals surface area contributed by atoms with E-state index < -0.39 is 120 Å². The van der Waals surface area contributed by atoms with Gasteiger partial charge in [-0.05, 0) is 54.9 Å². The number of aliphatic hydroxyl groups excluding tert-OH is 1. The zero-order chi connectivity index (χ0) is 72.6. The van der Waals surface area contributed by atoms with E-state index in [1.165, 1.54) is 59.1 Å². The number of unbranched alkanes of at least 4 members (excludes halogenated alkanes) is 2. The van der Waals surface area contributed by atoms with E-state index in [1.807, 2.05) is 30.0 Å². The number of amides is 10. The zero-order valence-corrected chi connectivity index (χ0v) is 59.0. The molecule has 2 bridgehead atoms. The van der Waals surface area contributed by atoms with Gasteiger partial charge in [0, 0.05) is 126 Å². The summed E-state index contributed by atoms with van der Waals surface area (Å²) in [5, 5.41) is 55.9. The van der Waals surface area contributed by atoms with Crippen molar-refractivity contribution in [1.29, 1.82) is 0 Å². The van der Waals surface area contributed by atoms with Gasteiger partial charge in [-0.1, -0.05) is 68.3 Å². The monoisotopic (exact) mass is 1440 g/mol. The second-order valence-corrected chi connectivity index (χ2v) is 28.1. The summed E-state index contributed by atoms with van der Waals surface area (Å²) in [6.07, 6.45) is 0.401. The number of carboxylic acids is 3. The van der Waals surface area contributed by atoms with Crippen molar-refractivity contribution in [2.45, 2.75) is 131 Å². The Morgan fingerprint density at radius 3 is 1.76 bits per heavy atom. The van der Waals surface area contributed by atoms with Gasteiger partial charge in [-0.2, -0.15) is 35.3 Å². The van der Waals surface area contributed by atoms with E-state index in [2.05, 4.69) is 31.9 Å². The normalized spacial score (nSPS) is 22.3. The lowest BCUT2D eigenvalue weighted by molar-refractivity contribution is -0.144. The van der Waals surface area contributed by atoms with Gasteiger partial charge in [-0.15, -0.1) is 0 Å². The zero-order valence-electron chi connectivity index (χ0n) is 56.5. The van der Waals surface area contributed by atoms with Gasteiger partial charge in [0.1, 0.15) is 36.3 Å². The van der Waals surface area contributed by atoms with Gasteiger partial charge in [0.05, 0.1) is 38.8 Å². The molecular weight excluding hydrogens is 1340 g/mol. The Hall–Kier alpha value is -7.60. The smallest absolute Gasteiger partial charge is 0.317 e. The third-order valence-electron chi connectivity index (χ3n) is 16.6. The lowest BCUT2D eigenvalue weighted by Crippen LogP contribution is -2.61. The Labute approximate surface area is 589 Å². The number of nitrogens with one attached hydrogen (secondary N) is 6. The summed E-state index contributed by atoms with van der Waals surface area (Å²) in [4.78, 5) is 182. The number of likely N-dealkylation sites (N-methyl/N-ethyl adjacent to an activating group) is 1. The molecule has 14 N–H and O–H groups in total. The van der Waals surface area contributed by atoms with Crippen molar-refractivity contribution < 1.29 is 82.8 Å². The highest BCUT2D eigenvalue weighted by Crippen LogP contribution is 2.25. The van der Waals surface area contributed by atoms with E-state index in [9.17, 15) is 82.8 Å². The number of carbonyl (C=O) groups excluding carboxylic acids is 10. The van der Waals surface area contributed by atoms with Crippen LogP contribution in [0.5, 0.6) is 0 Å². The van der Waals surface area contributed by atoms with Gasteiger partial charge >= 0.3 is 17.9 Å². The van der Waals surface area contributed by atoms with Crippen LogP contribution >= 0.6 is 35.3 Å². The molecule has 5 rings (SSSR count). The summed E-state index contributed by atoms with van der Waals surface area (Å²) in [7, 11) is 1.42. The number of aliphatic hydroxyl groups is 1. The molecule has 7 atom stereocenters. The summed E-state index contributed by atoms with van der Waals surface area (Å²) in [5.74, 6) is -8.84. The number of nitrogens with zero attached hydrogens (tertiary/aromatic N) is 6. The predicted molar refractivity (Wildman–Crippen MR) is 372 cm³/mol. The number of nitrogens with two attached hydrogens (primary N) is 2. The Morgan fingerprint density at radius 1 is 0.657 bits per heavy atom. The lowest BCUT2D eigenvalue weighted by Gasteiger charge is -2.32. The van der Waals surface area contributed by atoms with E-state index in [0.717, 1.165) is 29.5 Å². The Balaban J connectivity index is 1.41. The average molecular weight is 1440 g/mol. The van der Waals surface area contributed by atoms with Gasteiger partial charge < -0.3 is 73.6 Å². The summed E-state index contributed by atoms with van der Waals surface area (Å²) >= 11 is 4.15. The molecule has 0 unspecified atom stereocenters. The number of carboxylic acid groups (broad SMARTS) is 3. The molecule has 548 valence electrons. The van der Waals surface area contributed by atoms with Gasteiger partial charge in [0.15, 0.2) is 0 Å². The molecule has 2 fully saturated rings. The third-order valence-corrected chi connectivity index (χ3v) is 19.9. The second-order valence-electron chi connectivity index (χ2n) is 24.9. The van der Waals surface area contributed by atoms with E-state index in [0.29, 0.717) is 41.4 Å². The maximum atomic E-state index is 14.4. The molecule has 3 aliphatic rings. The van der Waals surface area contributed by atoms with Crippen LogP contribution in [0.15, 0.2) is 48.5 Å². The van der Waals surface area contributed by atoms with Crippen LogP contribution in [0.4, 0.5) is 0 Å². The summed E-state index contributed by atoms with van der Waals surface area (Å²) in [6, 6.07) is 6.29. The molecule has 0 spiro atoms. The molecule has 3 aliphatic heterocycles. The predicted octanol–water partition coefficient (Wildman–Crippen LogP) is -2.18. The molecule has 0 saturated carbocycles. The van der Waals surface area contributed by atoms with Crippen LogP contribution in [0.2, 0.25) is 0 Å². The van der Waals surface area contributed by atoms with Crippen molar-refractivity contribution in [2.75, 3.05) is 122 Å². The van der Waals surface area contributed by atoms with E-state index >= 15 is 0 Å². The van der Waals surface area contributed by atoms with Gasteiger partial charge in [0.25, 0.3) is 0 Å². The Morgan fingerprint density at radius 2 is 1.21 bits per heavy atom. The number of aliphatic carboxylic acids is 3. The minimum Gasteiger partial charge on any atom is -0.480 e. The first-order chi connectivity index (χ1) is 47.2. The molecule has 0 aromatic heterocycles. The number of hydrogen-bond donors (Lipinski definition) is 12. The highest BCUT2D eigenvalue weighted by Gasteiger charge is 2.39. The molecule has 2 aromatic carbocycles. The largest absolute Gasteiger partial charge is 0.480 e. The number of benzene rings is 2. The molecule has 2 aromatic rings. The number of primary amides is 2. The molecular formula is C65H98N14O17S3. The van der Waals surface area contributed by atoms with Crippen molar-refractivity contribution >= 4 is 112 Å². The molecule has 0 radical (unpaired) electrons. The van der Waals surface area contributed by atoms with Gasteiger partial charge in [0.2, 0.25) is 59.1 Å². The summed E-state index contributed by atoms with van der Waals surface area (Å²) < 4.78 is 0. The van der Waals surface area contributed by atoms with E-state index in [4.69, 9.17) is 11.5 Å². The van der Waals surface area contributed by atoms with Crippen molar-refractivity contribution in [3.05, 3.63) is 70.8 Å². The van der Waals surface area contributed by atoms with E-state index in [1.54, 1.807) is 45.0 Å². The summed E-state index contributed by atoms with van der Waals surface area (Å²) in [5.41, 5.74) is 14.5. The first kappa shape index (κ1) is 82.1. The fourth-order valence-electron chi connectivity index (χ4n) is 11.4. The van der Waals surface area contributed by atoms with Crippen LogP contribution in [0.25, 0.3) is 0 Å². The van der Waals surface area contributed by atoms with Gasteiger partial charge in [-0.25, -0.2) is 0 Å². The molecule has 34 heteroatoms. The molecule has 3 heterocycles. The maximum absolute atomic E-state index is 14.4. The van der Waals surface area contributed by atoms with Crippen molar-refractivity contribution in [3.8, 4) is 0 Å². The van der Waals surface area contributed by atoms with Crippen molar-refractivity contribution in [3.63, 3.8) is 0 Å². The fourth-order valence-corrected chi connectivity index (χ4v) is 14.2. The quantitative estimate of drug-likeness (QED) is 0.0470. The number of hydrogen-bond acceptors (Lipinski definition) is 21. The number of carbonyl (C=O) groups is 13. The van der Waals surface area contributed by atoms with Gasteiger partial charge in [-0.3, -0.25) is 81.9 Å². The van der Waals surface area contributed by atoms with E-state index in [-0.39, 0.29) is 141 Å². The number of fused-ring (bicyclic) bond motifs is 3. The van der Waals surface area contributed by atoms with Crippen LogP contribution in [0, 0.1) is 0 Å². The maximum Gasteiger partial charge on any atom is 0.317 e. The molecule has 0 aliphatic carbocycles. The third kappa shape index (κ3) is 30.4. The summed E-state index contributed by atoms with van der Waals surface area (Å²) in [6.45, 7) is 4.01. The fraction of sp³-hybridized carbons (Fsp3) is 0.615. The molecule has 99 heavy (non-hydrogen) atoms.